The molecular weight excluding hydrogens is 342 g/mol. The Morgan fingerprint density at radius 1 is 1.30 bits per heavy atom. The third-order valence-electron chi connectivity index (χ3n) is 3.07. The van der Waals surface area contributed by atoms with E-state index >= 15 is 0 Å². The Labute approximate surface area is 141 Å². The minimum absolute atomic E-state index is 0. The smallest absolute Gasteiger partial charge is 0.342 e. The van der Waals surface area contributed by atoms with Gasteiger partial charge in [-0.1, -0.05) is 0 Å². The molecule has 10 heteroatoms. The maximum atomic E-state index is 12.1. The molecule has 0 spiro atoms. The van der Waals surface area contributed by atoms with Gasteiger partial charge in [-0.05, 0) is 26.0 Å². The van der Waals surface area contributed by atoms with Crippen LogP contribution in [0.1, 0.15) is 20.3 Å². The standard InChI is InChI=1S/C13H17N5O3S.ClH/c1-8-11(9(2)18-22(20,21)17-8)6-13(19)16-10-4-5-12(14-3)15-7-10;/h4-5,7,17H,6H2,1-3H3,(H,14,15)(H,16,19);1H. The van der Waals surface area contributed by atoms with Crippen LogP contribution < -0.4 is 15.4 Å². The van der Waals surface area contributed by atoms with Gasteiger partial charge >= 0.3 is 10.2 Å². The van der Waals surface area contributed by atoms with Gasteiger partial charge in [0.15, 0.2) is 0 Å². The van der Waals surface area contributed by atoms with Crippen LogP contribution in [0.5, 0.6) is 0 Å². The Hall–Kier alpha value is -2.13. The number of nitrogens with zero attached hydrogens (tertiary/aromatic N) is 2. The summed E-state index contributed by atoms with van der Waals surface area (Å²) in [4.78, 5) is 16.2. The molecule has 8 nitrogen and oxygen atoms in total. The summed E-state index contributed by atoms with van der Waals surface area (Å²) in [7, 11) is -1.93. The average Bonchev–Trinajstić information content (AvgIpc) is 2.43. The van der Waals surface area contributed by atoms with Crippen molar-refractivity contribution >= 4 is 45.7 Å². The van der Waals surface area contributed by atoms with E-state index in [1.165, 1.54) is 6.20 Å². The van der Waals surface area contributed by atoms with Crippen LogP contribution in [-0.2, 0) is 15.0 Å². The van der Waals surface area contributed by atoms with Crippen molar-refractivity contribution in [1.82, 2.24) is 9.71 Å². The largest absolute Gasteiger partial charge is 0.373 e. The number of nitrogens with one attached hydrogen (secondary N) is 3. The van der Waals surface area contributed by atoms with Gasteiger partial charge < -0.3 is 10.6 Å². The van der Waals surface area contributed by atoms with E-state index in [1.54, 1.807) is 33.0 Å². The highest BCUT2D eigenvalue weighted by molar-refractivity contribution is 7.88. The van der Waals surface area contributed by atoms with E-state index in [-0.39, 0.29) is 24.7 Å². The van der Waals surface area contributed by atoms with Gasteiger partial charge in [0.05, 0.1) is 24.0 Å². The van der Waals surface area contributed by atoms with Crippen molar-refractivity contribution in [3.05, 3.63) is 29.6 Å². The molecular formula is C13H18ClN5O3S. The first kappa shape index (κ1) is 18.9. The number of rotatable bonds is 4. The van der Waals surface area contributed by atoms with Gasteiger partial charge in [0.2, 0.25) is 5.91 Å². The summed E-state index contributed by atoms with van der Waals surface area (Å²) in [6.07, 6.45) is 1.56. The van der Waals surface area contributed by atoms with E-state index in [0.29, 0.717) is 28.5 Å². The maximum absolute atomic E-state index is 12.1. The van der Waals surface area contributed by atoms with Crippen LogP contribution in [0.15, 0.2) is 34.0 Å². The number of hydrogen-bond donors (Lipinski definition) is 3. The second-order valence-electron chi connectivity index (χ2n) is 4.76. The minimum atomic E-state index is -3.68. The van der Waals surface area contributed by atoms with Crippen LogP contribution >= 0.6 is 12.4 Å². The molecule has 1 aromatic heterocycles. The molecule has 1 aliphatic rings. The third kappa shape index (κ3) is 4.93. The molecule has 0 fully saturated rings. The number of hydrogen-bond acceptors (Lipinski definition) is 5. The van der Waals surface area contributed by atoms with Crippen molar-refractivity contribution in [3.63, 3.8) is 0 Å². The topological polar surface area (TPSA) is 113 Å². The quantitative estimate of drug-likeness (QED) is 0.753. The van der Waals surface area contributed by atoms with Crippen LogP contribution in [0.3, 0.4) is 0 Å². The van der Waals surface area contributed by atoms with Gasteiger partial charge in [0.25, 0.3) is 0 Å². The molecule has 23 heavy (non-hydrogen) atoms. The fourth-order valence-electron chi connectivity index (χ4n) is 2.03. The molecule has 0 aliphatic carbocycles. The third-order valence-corrected chi connectivity index (χ3v) is 4.15. The molecule has 1 amide bonds. The van der Waals surface area contributed by atoms with E-state index in [2.05, 4.69) is 24.7 Å². The second kappa shape index (κ2) is 7.42. The Kier molecular flexibility index (Phi) is 6.11. The lowest BCUT2D eigenvalue weighted by Gasteiger charge is -2.17. The number of allylic oxidation sites excluding steroid dienone is 1. The van der Waals surface area contributed by atoms with Gasteiger partial charge in [-0.25, -0.2) is 4.98 Å². The molecule has 0 bridgehead atoms. The summed E-state index contributed by atoms with van der Waals surface area (Å²) < 4.78 is 28.6. The molecule has 0 saturated carbocycles. The van der Waals surface area contributed by atoms with E-state index in [9.17, 15) is 13.2 Å². The first-order chi connectivity index (χ1) is 10.3. The first-order valence-corrected chi connectivity index (χ1v) is 7.98. The number of halogens is 1. The van der Waals surface area contributed by atoms with Gasteiger partial charge in [0.1, 0.15) is 5.82 Å². The summed E-state index contributed by atoms with van der Waals surface area (Å²) in [5.74, 6) is 0.422. The second-order valence-corrected chi connectivity index (χ2v) is 6.10. The maximum Gasteiger partial charge on any atom is 0.342 e. The van der Waals surface area contributed by atoms with E-state index < -0.39 is 10.2 Å². The Balaban J connectivity index is 0.00000264. The Bertz CT molecular complexity index is 756. The lowest BCUT2D eigenvalue weighted by Crippen LogP contribution is -2.29. The van der Waals surface area contributed by atoms with Crippen molar-refractivity contribution in [2.45, 2.75) is 20.3 Å². The summed E-state index contributed by atoms with van der Waals surface area (Å²) in [6.45, 7) is 3.16. The molecule has 1 aromatic rings. The number of carbonyl (C=O) groups excluding carboxylic acids is 1. The normalized spacial score (nSPS) is 15.9. The number of anilines is 2. The Morgan fingerprint density at radius 3 is 2.52 bits per heavy atom. The SMILES string of the molecule is CNc1ccc(NC(=O)CC2=C(C)NS(=O)(=O)N=C2C)cn1.Cl. The van der Waals surface area contributed by atoms with Crippen molar-refractivity contribution in [1.29, 1.82) is 0 Å². The lowest BCUT2D eigenvalue weighted by atomic mass is 10.1. The predicted octanol–water partition coefficient (Wildman–Crippen LogP) is 1.46. The molecule has 3 N–H and O–H groups in total. The van der Waals surface area contributed by atoms with Crippen molar-refractivity contribution in [3.8, 4) is 0 Å². The van der Waals surface area contributed by atoms with Crippen molar-refractivity contribution in [2.24, 2.45) is 4.40 Å². The van der Waals surface area contributed by atoms with E-state index in [4.69, 9.17) is 0 Å². The molecule has 2 heterocycles. The average molecular weight is 360 g/mol. The van der Waals surface area contributed by atoms with Crippen LogP contribution in [0.2, 0.25) is 0 Å². The number of pyridine rings is 1. The fourth-order valence-corrected chi connectivity index (χ4v) is 3.05. The monoisotopic (exact) mass is 359 g/mol. The molecule has 0 atom stereocenters. The van der Waals surface area contributed by atoms with Crippen LogP contribution in [-0.4, -0.2) is 32.1 Å². The number of carbonyl (C=O) groups is 1. The highest BCUT2D eigenvalue weighted by Crippen LogP contribution is 2.17. The van der Waals surface area contributed by atoms with Gasteiger partial charge in [0, 0.05) is 18.3 Å². The zero-order chi connectivity index (χ0) is 16.3. The van der Waals surface area contributed by atoms with Crippen molar-refractivity contribution in [2.75, 3.05) is 17.7 Å². The van der Waals surface area contributed by atoms with Crippen LogP contribution in [0.4, 0.5) is 11.5 Å². The molecule has 1 aliphatic heterocycles. The summed E-state index contributed by atoms with van der Waals surface area (Å²) in [5.41, 5.74) is 1.85. The van der Waals surface area contributed by atoms with E-state index in [1.807, 2.05) is 0 Å². The van der Waals surface area contributed by atoms with Gasteiger partial charge in [-0.3, -0.25) is 9.52 Å². The molecule has 0 unspecified atom stereocenters. The van der Waals surface area contributed by atoms with Crippen molar-refractivity contribution < 1.29 is 13.2 Å². The highest BCUT2D eigenvalue weighted by Gasteiger charge is 2.22. The molecule has 0 saturated heterocycles. The van der Waals surface area contributed by atoms with Gasteiger partial charge in [-0.2, -0.15) is 8.42 Å². The zero-order valence-electron chi connectivity index (χ0n) is 12.9. The summed E-state index contributed by atoms with van der Waals surface area (Å²) in [6, 6.07) is 3.46. The first-order valence-electron chi connectivity index (χ1n) is 6.54. The van der Waals surface area contributed by atoms with Crippen LogP contribution in [0, 0.1) is 0 Å². The molecule has 126 valence electrons. The zero-order valence-corrected chi connectivity index (χ0v) is 14.5. The fraction of sp³-hybridized carbons (Fsp3) is 0.308. The molecule has 0 radical (unpaired) electrons. The summed E-state index contributed by atoms with van der Waals surface area (Å²) >= 11 is 0. The lowest BCUT2D eigenvalue weighted by molar-refractivity contribution is -0.115. The molecule has 2 rings (SSSR count). The minimum Gasteiger partial charge on any atom is -0.373 e. The Morgan fingerprint density at radius 2 is 2.00 bits per heavy atom. The number of amides is 1. The van der Waals surface area contributed by atoms with Crippen LogP contribution in [0.25, 0.3) is 0 Å². The van der Waals surface area contributed by atoms with E-state index in [0.717, 1.165) is 0 Å². The predicted molar refractivity (Wildman–Crippen MR) is 92.1 cm³/mol. The number of aromatic nitrogens is 1. The highest BCUT2D eigenvalue weighted by atomic mass is 35.5. The molecule has 0 aromatic carbocycles. The van der Waals surface area contributed by atoms with Gasteiger partial charge in [-0.15, -0.1) is 16.8 Å². The summed E-state index contributed by atoms with van der Waals surface area (Å²) in [5, 5.41) is 5.59.